The van der Waals surface area contributed by atoms with Crippen LogP contribution >= 0.6 is 0 Å². The molecule has 88 valence electrons. The molecule has 1 aliphatic rings. The number of carbonyl (C=O) groups is 1. The van der Waals surface area contributed by atoms with Gasteiger partial charge < -0.3 is 15.4 Å². The molecule has 0 spiro atoms. The molecule has 1 aliphatic heterocycles. The molecule has 0 aromatic rings. The largest absolute Gasteiger partial charge is 0.446 e. The number of carbonyl (C=O) groups excluding carboxylic acids is 1. The molecule has 0 aromatic carbocycles. The van der Waals surface area contributed by atoms with Crippen molar-refractivity contribution in [2.45, 2.75) is 39.7 Å². The van der Waals surface area contributed by atoms with Gasteiger partial charge in [0.05, 0.1) is 0 Å². The number of ether oxygens (including phenoxy) is 1. The van der Waals surface area contributed by atoms with Gasteiger partial charge in [-0.3, -0.25) is 0 Å². The molecule has 1 fully saturated rings. The Morgan fingerprint density at radius 1 is 1.40 bits per heavy atom. The van der Waals surface area contributed by atoms with Crippen molar-refractivity contribution in [1.29, 1.82) is 0 Å². The third kappa shape index (κ3) is 5.02. The zero-order valence-corrected chi connectivity index (χ0v) is 9.95. The molecular formula is C11H22N2O2. The van der Waals surface area contributed by atoms with Crippen LogP contribution in [-0.4, -0.2) is 36.7 Å². The van der Waals surface area contributed by atoms with Crippen LogP contribution in [-0.2, 0) is 4.74 Å². The second kappa shape index (κ2) is 4.84. The number of nitrogens with zero attached hydrogens (tertiary/aromatic N) is 1. The topological polar surface area (TPSA) is 55.6 Å². The van der Waals surface area contributed by atoms with E-state index in [0.29, 0.717) is 5.41 Å². The summed E-state index contributed by atoms with van der Waals surface area (Å²) in [5, 5.41) is 0. The molecule has 1 saturated heterocycles. The van der Waals surface area contributed by atoms with Gasteiger partial charge in [0.1, 0.15) is 6.10 Å². The smallest absolute Gasteiger partial charge is 0.404 e. The van der Waals surface area contributed by atoms with E-state index in [1.807, 2.05) is 0 Å². The van der Waals surface area contributed by atoms with Crippen molar-refractivity contribution in [2.24, 2.45) is 11.1 Å². The Bertz CT molecular complexity index is 215. The number of likely N-dealkylation sites (tertiary alicyclic amines) is 1. The van der Waals surface area contributed by atoms with Crippen LogP contribution in [0.4, 0.5) is 4.79 Å². The highest BCUT2D eigenvalue weighted by atomic mass is 16.6. The van der Waals surface area contributed by atoms with Crippen molar-refractivity contribution < 1.29 is 9.53 Å². The molecule has 15 heavy (non-hydrogen) atoms. The third-order valence-corrected chi connectivity index (χ3v) is 2.52. The van der Waals surface area contributed by atoms with Crippen LogP contribution < -0.4 is 5.73 Å². The predicted molar refractivity (Wildman–Crippen MR) is 59.6 cm³/mol. The standard InChI is InChI=1S/C11H22N2O2/c1-11(2,3)8-13-6-4-9(5-7-13)15-10(12)14/h9H,4-8H2,1-3H3,(H2,12,14). The summed E-state index contributed by atoms with van der Waals surface area (Å²) in [6.07, 6.45) is 1.18. The highest BCUT2D eigenvalue weighted by molar-refractivity contribution is 5.64. The fourth-order valence-corrected chi connectivity index (χ4v) is 2.02. The lowest BCUT2D eigenvalue weighted by molar-refractivity contribution is 0.0464. The zero-order valence-electron chi connectivity index (χ0n) is 9.95. The van der Waals surface area contributed by atoms with Gasteiger partial charge in [-0.15, -0.1) is 0 Å². The molecule has 0 bridgehead atoms. The average molecular weight is 214 g/mol. The van der Waals surface area contributed by atoms with Gasteiger partial charge in [0.2, 0.25) is 0 Å². The molecule has 0 radical (unpaired) electrons. The molecule has 4 heteroatoms. The van der Waals surface area contributed by atoms with E-state index in [1.165, 1.54) is 0 Å². The Kier molecular flexibility index (Phi) is 3.97. The van der Waals surface area contributed by atoms with Crippen molar-refractivity contribution in [2.75, 3.05) is 19.6 Å². The number of amides is 1. The second-order valence-electron chi connectivity index (χ2n) is 5.47. The van der Waals surface area contributed by atoms with Crippen LogP contribution in [0.15, 0.2) is 0 Å². The highest BCUT2D eigenvalue weighted by Gasteiger charge is 2.24. The summed E-state index contributed by atoms with van der Waals surface area (Å²) in [7, 11) is 0. The van der Waals surface area contributed by atoms with Gasteiger partial charge in [0.15, 0.2) is 0 Å². The number of hydrogen-bond donors (Lipinski definition) is 1. The van der Waals surface area contributed by atoms with Gasteiger partial charge in [-0.2, -0.15) is 0 Å². The maximum atomic E-state index is 10.6. The molecular weight excluding hydrogens is 192 g/mol. The fraction of sp³-hybridized carbons (Fsp3) is 0.909. The maximum Gasteiger partial charge on any atom is 0.404 e. The Balaban J connectivity index is 2.27. The molecule has 4 nitrogen and oxygen atoms in total. The molecule has 0 saturated carbocycles. The Morgan fingerprint density at radius 3 is 2.33 bits per heavy atom. The first-order valence-electron chi connectivity index (χ1n) is 5.55. The van der Waals surface area contributed by atoms with Crippen molar-refractivity contribution in [1.82, 2.24) is 4.90 Å². The lowest BCUT2D eigenvalue weighted by Gasteiger charge is -2.35. The summed E-state index contributed by atoms with van der Waals surface area (Å²) < 4.78 is 4.98. The molecule has 0 aliphatic carbocycles. The van der Waals surface area contributed by atoms with Crippen molar-refractivity contribution >= 4 is 6.09 Å². The van der Waals surface area contributed by atoms with Gasteiger partial charge in [-0.05, 0) is 18.3 Å². The van der Waals surface area contributed by atoms with Crippen LogP contribution in [0.5, 0.6) is 0 Å². The molecule has 1 rings (SSSR count). The number of rotatable bonds is 2. The zero-order chi connectivity index (χ0) is 11.5. The van der Waals surface area contributed by atoms with Gasteiger partial charge in [-0.25, -0.2) is 4.79 Å². The van der Waals surface area contributed by atoms with E-state index in [2.05, 4.69) is 25.7 Å². The monoisotopic (exact) mass is 214 g/mol. The van der Waals surface area contributed by atoms with Crippen LogP contribution in [0.1, 0.15) is 33.6 Å². The molecule has 1 heterocycles. The lowest BCUT2D eigenvalue weighted by Crippen LogP contribution is -2.42. The van der Waals surface area contributed by atoms with Crippen LogP contribution in [0, 0.1) is 5.41 Å². The summed E-state index contributed by atoms with van der Waals surface area (Å²) >= 11 is 0. The van der Waals surface area contributed by atoms with E-state index < -0.39 is 6.09 Å². The van der Waals surface area contributed by atoms with Crippen LogP contribution in [0.2, 0.25) is 0 Å². The van der Waals surface area contributed by atoms with Gasteiger partial charge in [0, 0.05) is 19.6 Å². The first-order chi connectivity index (χ1) is 6.87. The lowest BCUT2D eigenvalue weighted by atomic mass is 9.94. The Hall–Kier alpha value is -0.770. The minimum Gasteiger partial charge on any atom is -0.446 e. The van der Waals surface area contributed by atoms with Gasteiger partial charge >= 0.3 is 6.09 Å². The Labute approximate surface area is 91.8 Å². The summed E-state index contributed by atoms with van der Waals surface area (Å²) in [6, 6.07) is 0. The minimum absolute atomic E-state index is 0.0266. The summed E-state index contributed by atoms with van der Waals surface area (Å²) in [5.41, 5.74) is 5.32. The highest BCUT2D eigenvalue weighted by Crippen LogP contribution is 2.20. The summed E-state index contributed by atoms with van der Waals surface area (Å²) in [4.78, 5) is 13.0. The normalized spacial score (nSPS) is 20.2. The van der Waals surface area contributed by atoms with E-state index in [-0.39, 0.29) is 6.10 Å². The average Bonchev–Trinajstić information content (AvgIpc) is 2.05. The predicted octanol–water partition coefficient (Wildman–Crippen LogP) is 1.59. The minimum atomic E-state index is -0.649. The first-order valence-corrected chi connectivity index (χ1v) is 5.55. The number of primary amides is 1. The SMILES string of the molecule is CC(C)(C)CN1CCC(OC(N)=O)CC1. The molecule has 0 atom stereocenters. The number of hydrogen-bond acceptors (Lipinski definition) is 3. The maximum absolute atomic E-state index is 10.6. The van der Waals surface area contributed by atoms with Crippen LogP contribution in [0.3, 0.4) is 0 Å². The van der Waals surface area contributed by atoms with E-state index in [1.54, 1.807) is 0 Å². The molecule has 2 N–H and O–H groups in total. The summed E-state index contributed by atoms with van der Waals surface area (Å²) in [6.45, 7) is 9.79. The van der Waals surface area contributed by atoms with E-state index >= 15 is 0 Å². The van der Waals surface area contributed by atoms with Gasteiger partial charge in [-0.1, -0.05) is 20.8 Å². The van der Waals surface area contributed by atoms with Crippen molar-refractivity contribution in [3.05, 3.63) is 0 Å². The van der Waals surface area contributed by atoms with Crippen LogP contribution in [0.25, 0.3) is 0 Å². The first kappa shape index (κ1) is 12.3. The molecule has 0 aromatic heterocycles. The molecule has 1 amide bonds. The van der Waals surface area contributed by atoms with Crippen molar-refractivity contribution in [3.8, 4) is 0 Å². The number of piperidine rings is 1. The fourth-order valence-electron chi connectivity index (χ4n) is 2.02. The van der Waals surface area contributed by atoms with E-state index in [0.717, 1.165) is 32.5 Å². The second-order valence-corrected chi connectivity index (χ2v) is 5.47. The summed E-state index contributed by atoms with van der Waals surface area (Å²) in [5.74, 6) is 0. The quantitative estimate of drug-likeness (QED) is 0.759. The van der Waals surface area contributed by atoms with E-state index in [9.17, 15) is 4.79 Å². The third-order valence-electron chi connectivity index (χ3n) is 2.52. The molecule has 0 unspecified atom stereocenters. The Morgan fingerprint density at radius 2 is 1.93 bits per heavy atom. The van der Waals surface area contributed by atoms with Gasteiger partial charge in [0.25, 0.3) is 0 Å². The van der Waals surface area contributed by atoms with E-state index in [4.69, 9.17) is 10.5 Å². The van der Waals surface area contributed by atoms with Crippen molar-refractivity contribution in [3.63, 3.8) is 0 Å². The number of nitrogens with two attached hydrogens (primary N) is 1.